The van der Waals surface area contributed by atoms with Crippen molar-refractivity contribution in [3.05, 3.63) is 53.5 Å². The number of nitrogens with one attached hydrogen (secondary N) is 1. The zero-order valence-corrected chi connectivity index (χ0v) is 14.5. The van der Waals surface area contributed by atoms with Gasteiger partial charge in [-0.05, 0) is 50.6 Å². The maximum Gasteiger partial charge on any atom is 0.133 e. The van der Waals surface area contributed by atoms with Crippen molar-refractivity contribution in [2.75, 3.05) is 13.7 Å². The highest BCUT2D eigenvalue weighted by molar-refractivity contribution is 5.63. The number of hydrogen-bond acceptors (Lipinski definition) is 5. The number of benzene rings is 1. The Hall–Kier alpha value is -2.60. The monoisotopic (exact) mass is 338 g/mol. The minimum atomic E-state index is 0.316. The van der Waals surface area contributed by atoms with Crippen molar-refractivity contribution in [3.8, 4) is 17.0 Å². The Kier molecular flexibility index (Phi) is 4.28. The van der Waals surface area contributed by atoms with Gasteiger partial charge in [0.15, 0.2) is 0 Å². The summed E-state index contributed by atoms with van der Waals surface area (Å²) in [5, 5.41) is 11.6. The fraction of sp³-hybridized carbons (Fsp3) is 0.368. The van der Waals surface area contributed by atoms with Gasteiger partial charge in [-0.25, -0.2) is 0 Å². The molecule has 6 heteroatoms. The van der Waals surface area contributed by atoms with Gasteiger partial charge in [0, 0.05) is 23.7 Å². The van der Waals surface area contributed by atoms with E-state index < -0.39 is 0 Å². The lowest BCUT2D eigenvalue weighted by Crippen LogP contribution is -2.23. The number of aromatic amines is 1. The van der Waals surface area contributed by atoms with Crippen LogP contribution in [0.3, 0.4) is 0 Å². The summed E-state index contributed by atoms with van der Waals surface area (Å²) in [6.07, 6.45) is 4.21. The number of methoxy groups -OCH3 is 1. The zero-order valence-electron chi connectivity index (χ0n) is 14.5. The van der Waals surface area contributed by atoms with Crippen LogP contribution >= 0.6 is 0 Å². The van der Waals surface area contributed by atoms with Gasteiger partial charge >= 0.3 is 0 Å². The van der Waals surface area contributed by atoms with Gasteiger partial charge in [-0.1, -0.05) is 5.16 Å². The van der Waals surface area contributed by atoms with Crippen molar-refractivity contribution in [1.29, 1.82) is 0 Å². The molecule has 25 heavy (non-hydrogen) atoms. The molecule has 4 rings (SSSR count). The summed E-state index contributed by atoms with van der Waals surface area (Å²) in [6, 6.07) is 10.4. The summed E-state index contributed by atoms with van der Waals surface area (Å²) in [4.78, 5) is 2.45. The van der Waals surface area contributed by atoms with Crippen LogP contribution in [0.25, 0.3) is 11.3 Å². The van der Waals surface area contributed by atoms with Gasteiger partial charge in [0.2, 0.25) is 0 Å². The smallest absolute Gasteiger partial charge is 0.133 e. The molecule has 1 aliphatic heterocycles. The number of aromatic nitrogens is 3. The number of H-pyrrole nitrogens is 1. The topological polar surface area (TPSA) is 67.2 Å². The van der Waals surface area contributed by atoms with Gasteiger partial charge in [-0.15, -0.1) is 0 Å². The first-order chi connectivity index (χ1) is 12.2. The van der Waals surface area contributed by atoms with Gasteiger partial charge in [0.25, 0.3) is 0 Å². The number of aryl methyl sites for hydroxylation is 1. The van der Waals surface area contributed by atoms with Crippen LogP contribution in [0.2, 0.25) is 0 Å². The van der Waals surface area contributed by atoms with Crippen molar-refractivity contribution in [2.24, 2.45) is 0 Å². The Morgan fingerprint density at radius 1 is 1.32 bits per heavy atom. The molecular weight excluding hydrogens is 316 g/mol. The third-order valence-electron chi connectivity index (χ3n) is 4.82. The molecule has 0 spiro atoms. The molecule has 1 fully saturated rings. The van der Waals surface area contributed by atoms with E-state index in [0.29, 0.717) is 6.04 Å². The third kappa shape index (κ3) is 3.17. The van der Waals surface area contributed by atoms with Gasteiger partial charge in [-0.3, -0.25) is 10.00 Å². The Morgan fingerprint density at radius 3 is 2.88 bits per heavy atom. The van der Waals surface area contributed by atoms with E-state index in [2.05, 4.69) is 32.4 Å². The summed E-state index contributed by atoms with van der Waals surface area (Å²) in [5.74, 6) is 1.72. The summed E-state index contributed by atoms with van der Waals surface area (Å²) >= 11 is 0. The van der Waals surface area contributed by atoms with Crippen molar-refractivity contribution >= 4 is 0 Å². The third-order valence-corrected chi connectivity index (χ3v) is 4.82. The highest BCUT2D eigenvalue weighted by atomic mass is 16.5. The van der Waals surface area contributed by atoms with E-state index in [0.717, 1.165) is 48.0 Å². The average Bonchev–Trinajstić information content (AvgIpc) is 3.36. The van der Waals surface area contributed by atoms with Crippen molar-refractivity contribution in [3.63, 3.8) is 0 Å². The maximum absolute atomic E-state index is 5.27. The van der Waals surface area contributed by atoms with Crippen LogP contribution in [0.4, 0.5) is 0 Å². The Labute approximate surface area is 146 Å². The van der Waals surface area contributed by atoms with E-state index in [1.54, 1.807) is 7.11 Å². The van der Waals surface area contributed by atoms with Crippen LogP contribution in [0.15, 0.2) is 41.1 Å². The Bertz CT molecular complexity index is 837. The SMILES string of the molecule is COc1ccc(-c2[nH]ncc2CN2CCC[C@@H]2c2cc(C)on2)cc1. The van der Waals surface area contributed by atoms with Gasteiger partial charge in [0.05, 0.1) is 25.0 Å². The molecule has 1 atom stereocenters. The average molecular weight is 338 g/mol. The molecule has 2 aromatic heterocycles. The predicted octanol–water partition coefficient (Wildman–Crippen LogP) is 3.72. The summed E-state index contributed by atoms with van der Waals surface area (Å²) in [7, 11) is 1.68. The van der Waals surface area contributed by atoms with Gasteiger partial charge in [-0.2, -0.15) is 5.10 Å². The molecule has 0 aliphatic carbocycles. The van der Waals surface area contributed by atoms with Crippen molar-refractivity contribution < 1.29 is 9.26 Å². The molecule has 1 aromatic carbocycles. The predicted molar refractivity (Wildman–Crippen MR) is 94.2 cm³/mol. The van der Waals surface area contributed by atoms with E-state index in [4.69, 9.17) is 9.26 Å². The van der Waals surface area contributed by atoms with Crippen LogP contribution in [-0.2, 0) is 6.54 Å². The van der Waals surface area contributed by atoms with Gasteiger partial charge < -0.3 is 9.26 Å². The quantitative estimate of drug-likeness (QED) is 0.768. The van der Waals surface area contributed by atoms with E-state index in [-0.39, 0.29) is 0 Å². The Morgan fingerprint density at radius 2 is 2.16 bits per heavy atom. The molecule has 3 aromatic rings. The molecule has 1 N–H and O–H groups in total. The van der Waals surface area contributed by atoms with Crippen LogP contribution < -0.4 is 4.74 Å². The maximum atomic E-state index is 5.27. The first-order valence-corrected chi connectivity index (χ1v) is 8.58. The molecule has 3 heterocycles. The molecule has 6 nitrogen and oxygen atoms in total. The van der Waals surface area contributed by atoms with Crippen LogP contribution in [-0.4, -0.2) is 33.9 Å². The van der Waals surface area contributed by atoms with Crippen LogP contribution in [0.5, 0.6) is 5.75 Å². The number of rotatable bonds is 5. The molecule has 1 saturated heterocycles. The molecule has 1 aliphatic rings. The minimum absolute atomic E-state index is 0.316. The van der Waals surface area contributed by atoms with Crippen LogP contribution in [0, 0.1) is 6.92 Å². The number of likely N-dealkylation sites (tertiary alicyclic amines) is 1. The molecule has 0 saturated carbocycles. The molecule has 0 radical (unpaired) electrons. The van der Waals surface area contributed by atoms with Gasteiger partial charge in [0.1, 0.15) is 17.2 Å². The molecule has 0 amide bonds. The summed E-state index contributed by atoms with van der Waals surface area (Å²) < 4.78 is 10.5. The Balaban J connectivity index is 1.56. The molecule has 130 valence electrons. The van der Waals surface area contributed by atoms with Crippen molar-refractivity contribution in [2.45, 2.75) is 32.4 Å². The second-order valence-electron chi connectivity index (χ2n) is 6.49. The molecule has 0 bridgehead atoms. The molecular formula is C19H22N4O2. The number of ether oxygens (including phenoxy) is 1. The first kappa shape index (κ1) is 15.9. The minimum Gasteiger partial charge on any atom is -0.497 e. The van der Waals surface area contributed by atoms with E-state index in [9.17, 15) is 0 Å². The second kappa shape index (κ2) is 6.72. The molecule has 0 unspecified atom stereocenters. The highest BCUT2D eigenvalue weighted by Crippen LogP contribution is 2.34. The standard InChI is InChI=1S/C19H22N4O2/c1-13-10-17(22-25-13)18-4-3-9-23(18)12-15-11-20-21-19(15)14-5-7-16(24-2)8-6-14/h5-8,10-11,18H,3-4,9,12H2,1-2H3,(H,20,21)/t18-/m1/s1. The normalized spacial score (nSPS) is 17.9. The summed E-state index contributed by atoms with van der Waals surface area (Å²) in [5.41, 5.74) is 4.40. The fourth-order valence-corrected chi connectivity index (χ4v) is 3.55. The lowest BCUT2D eigenvalue weighted by Gasteiger charge is -2.22. The lowest BCUT2D eigenvalue weighted by molar-refractivity contribution is 0.237. The summed E-state index contributed by atoms with van der Waals surface area (Å²) in [6.45, 7) is 3.84. The first-order valence-electron chi connectivity index (χ1n) is 8.58. The fourth-order valence-electron chi connectivity index (χ4n) is 3.55. The highest BCUT2D eigenvalue weighted by Gasteiger charge is 2.29. The number of hydrogen-bond donors (Lipinski definition) is 1. The van der Waals surface area contributed by atoms with E-state index >= 15 is 0 Å². The van der Waals surface area contributed by atoms with E-state index in [1.165, 1.54) is 12.0 Å². The number of nitrogens with zero attached hydrogens (tertiary/aromatic N) is 3. The second-order valence-corrected chi connectivity index (χ2v) is 6.49. The zero-order chi connectivity index (χ0) is 17.2. The van der Waals surface area contributed by atoms with Crippen molar-refractivity contribution in [1.82, 2.24) is 20.3 Å². The lowest BCUT2D eigenvalue weighted by atomic mass is 10.1. The van der Waals surface area contributed by atoms with E-state index in [1.807, 2.05) is 31.3 Å². The largest absolute Gasteiger partial charge is 0.497 e. The van der Waals surface area contributed by atoms with Crippen LogP contribution in [0.1, 0.15) is 35.9 Å².